The fourth-order valence-corrected chi connectivity index (χ4v) is 2.72. The molecule has 0 saturated carbocycles. The van der Waals surface area contributed by atoms with E-state index < -0.39 is 6.04 Å². The minimum Gasteiger partial charge on any atom is -0.441 e. The van der Waals surface area contributed by atoms with Gasteiger partial charge in [0.15, 0.2) is 11.5 Å². The van der Waals surface area contributed by atoms with E-state index in [0.29, 0.717) is 5.89 Å². The second kappa shape index (κ2) is 6.58. The largest absolute Gasteiger partial charge is 0.441 e. The van der Waals surface area contributed by atoms with Crippen LogP contribution < -0.4 is 10.6 Å². The first kappa shape index (κ1) is 17.0. The van der Waals surface area contributed by atoms with Crippen LogP contribution in [0.25, 0.3) is 11.1 Å². The highest BCUT2D eigenvalue weighted by molar-refractivity contribution is 5.97. The average Bonchev–Trinajstić information content (AvgIpc) is 3.10. The number of nitrogens with zero attached hydrogens (tertiary/aromatic N) is 3. The molecule has 0 bridgehead atoms. The molecule has 2 aromatic heterocycles. The fourth-order valence-electron chi connectivity index (χ4n) is 2.72. The van der Waals surface area contributed by atoms with E-state index in [1.807, 2.05) is 52.9 Å². The molecule has 25 heavy (non-hydrogen) atoms. The molecule has 0 aliphatic heterocycles. The monoisotopic (exact) mass is 341 g/mol. The van der Waals surface area contributed by atoms with Crippen LogP contribution in [-0.2, 0) is 18.3 Å². The number of carbonyl (C=O) groups is 1. The van der Waals surface area contributed by atoms with Gasteiger partial charge in [-0.1, -0.05) is 6.92 Å². The molecule has 0 radical (unpaired) electrons. The van der Waals surface area contributed by atoms with Crippen molar-refractivity contribution in [3.8, 4) is 0 Å². The quantitative estimate of drug-likeness (QED) is 0.744. The molecule has 7 nitrogen and oxygen atoms in total. The molecule has 1 amide bonds. The summed E-state index contributed by atoms with van der Waals surface area (Å²) in [6.45, 7) is 7.63. The SMILES string of the molecule is CCc1nc2cc(N[C@@H](C)C(=O)Nc3c(C)nn(C)c3C)ccc2o1. The minimum atomic E-state index is -0.408. The number of hydrogen-bond acceptors (Lipinski definition) is 5. The maximum absolute atomic E-state index is 12.5. The Labute approximate surface area is 146 Å². The van der Waals surface area contributed by atoms with E-state index in [0.717, 1.165) is 40.3 Å². The topological polar surface area (TPSA) is 85.0 Å². The first-order valence-corrected chi connectivity index (χ1v) is 8.36. The number of rotatable bonds is 5. The number of nitrogens with one attached hydrogen (secondary N) is 2. The normalized spacial score (nSPS) is 12.4. The molecule has 3 rings (SSSR count). The molecule has 7 heteroatoms. The van der Waals surface area contributed by atoms with E-state index in [-0.39, 0.29) is 5.91 Å². The lowest BCUT2D eigenvalue weighted by molar-refractivity contribution is -0.116. The summed E-state index contributed by atoms with van der Waals surface area (Å²) in [6, 6.07) is 5.23. The number of benzene rings is 1. The fraction of sp³-hybridized carbons (Fsp3) is 0.389. The van der Waals surface area contributed by atoms with Crippen molar-refractivity contribution >= 4 is 28.4 Å². The van der Waals surface area contributed by atoms with Gasteiger partial charge in [-0.3, -0.25) is 9.48 Å². The highest BCUT2D eigenvalue weighted by Gasteiger charge is 2.18. The van der Waals surface area contributed by atoms with Crippen LogP contribution in [0.3, 0.4) is 0 Å². The minimum absolute atomic E-state index is 0.117. The van der Waals surface area contributed by atoms with Crippen molar-refractivity contribution in [2.24, 2.45) is 7.05 Å². The van der Waals surface area contributed by atoms with E-state index in [1.54, 1.807) is 4.68 Å². The van der Waals surface area contributed by atoms with Crippen LogP contribution in [0.2, 0.25) is 0 Å². The van der Waals surface area contributed by atoms with Crippen molar-refractivity contribution in [1.29, 1.82) is 0 Å². The molecule has 0 aliphatic carbocycles. The van der Waals surface area contributed by atoms with Gasteiger partial charge in [0, 0.05) is 19.2 Å². The standard InChI is InChI=1S/C18H23N5O2/c1-6-16-20-14-9-13(7-8-15(14)25-16)19-11(3)18(24)21-17-10(2)22-23(5)12(17)4/h7-9,11,19H,6H2,1-5H3,(H,21,24)/t11-/m0/s1. The summed E-state index contributed by atoms with van der Waals surface area (Å²) in [7, 11) is 1.86. The maximum atomic E-state index is 12.5. The summed E-state index contributed by atoms with van der Waals surface area (Å²) < 4.78 is 7.36. The second-order valence-electron chi connectivity index (χ2n) is 6.17. The lowest BCUT2D eigenvalue weighted by Crippen LogP contribution is -2.32. The molecule has 1 atom stereocenters. The van der Waals surface area contributed by atoms with Gasteiger partial charge in [-0.05, 0) is 39.0 Å². The van der Waals surface area contributed by atoms with Gasteiger partial charge in [-0.2, -0.15) is 5.10 Å². The number of aryl methyl sites for hydroxylation is 3. The number of hydrogen-bond donors (Lipinski definition) is 2. The van der Waals surface area contributed by atoms with Crippen LogP contribution >= 0.6 is 0 Å². The highest BCUT2D eigenvalue weighted by Crippen LogP contribution is 2.22. The number of oxazole rings is 1. The number of anilines is 2. The lowest BCUT2D eigenvalue weighted by Gasteiger charge is -2.15. The van der Waals surface area contributed by atoms with Crippen molar-refractivity contribution in [2.45, 2.75) is 40.2 Å². The van der Waals surface area contributed by atoms with E-state index in [2.05, 4.69) is 20.7 Å². The van der Waals surface area contributed by atoms with Crippen molar-refractivity contribution in [3.05, 3.63) is 35.5 Å². The molecule has 132 valence electrons. The molecule has 0 spiro atoms. The number of carbonyl (C=O) groups excluding carboxylic acids is 1. The number of amides is 1. The molecule has 3 aromatic rings. The lowest BCUT2D eigenvalue weighted by atomic mass is 10.2. The van der Waals surface area contributed by atoms with Crippen LogP contribution in [0, 0.1) is 13.8 Å². The first-order valence-electron chi connectivity index (χ1n) is 8.36. The molecular weight excluding hydrogens is 318 g/mol. The third-order valence-corrected chi connectivity index (χ3v) is 4.27. The third kappa shape index (κ3) is 3.35. The molecule has 1 aromatic carbocycles. The zero-order valence-electron chi connectivity index (χ0n) is 15.2. The van der Waals surface area contributed by atoms with E-state index in [4.69, 9.17) is 4.42 Å². The smallest absolute Gasteiger partial charge is 0.246 e. The van der Waals surface area contributed by atoms with Gasteiger partial charge in [0.25, 0.3) is 0 Å². The number of aromatic nitrogens is 3. The van der Waals surface area contributed by atoms with E-state index >= 15 is 0 Å². The van der Waals surface area contributed by atoms with E-state index in [1.165, 1.54) is 0 Å². The Morgan fingerprint density at radius 3 is 2.76 bits per heavy atom. The van der Waals surface area contributed by atoms with Gasteiger partial charge in [0.2, 0.25) is 5.91 Å². The van der Waals surface area contributed by atoms with Crippen LogP contribution in [0.4, 0.5) is 11.4 Å². The van der Waals surface area contributed by atoms with Gasteiger partial charge >= 0.3 is 0 Å². The van der Waals surface area contributed by atoms with E-state index in [9.17, 15) is 4.79 Å². The van der Waals surface area contributed by atoms with Crippen molar-refractivity contribution in [3.63, 3.8) is 0 Å². The number of fused-ring (bicyclic) bond motifs is 1. The molecule has 0 fully saturated rings. The predicted octanol–water partition coefficient (Wildman–Crippen LogP) is 3.18. The molecular formula is C18H23N5O2. The summed E-state index contributed by atoms with van der Waals surface area (Å²) in [4.78, 5) is 16.9. The van der Waals surface area contributed by atoms with Gasteiger partial charge in [0.1, 0.15) is 11.6 Å². The van der Waals surface area contributed by atoms with Crippen molar-refractivity contribution in [1.82, 2.24) is 14.8 Å². The molecule has 0 unspecified atom stereocenters. The van der Waals surface area contributed by atoms with Gasteiger partial charge in [0.05, 0.1) is 17.1 Å². The third-order valence-electron chi connectivity index (χ3n) is 4.27. The Bertz CT molecular complexity index is 925. The van der Waals surface area contributed by atoms with Crippen LogP contribution in [0.1, 0.15) is 31.1 Å². The van der Waals surface area contributed by atoms with Crippen LogP contribution in [-0.4, -0.2) is 26.7 Å². The summed E-state index contributed by atoms with van der Waals surface area (Å²) in [5.41, 5.74) is 4.85. The summed E-state index contributed by atoms with van der Waals surface area (Å²) >= 11 is 0. The Kier molecular flexibility index (Phi) is 4.48. The van der Waals surface area contributed by atoms with Gasteiger partial charge < -0.3 is 15.1 Å². The zero-order valence-corrected chi connectivity index (χ0v) is 15.2. The first-order chi connectivity index (χ1) is 11.9. The van der Waals surface area contributed by atoms with Gasteiger partial charge in [-0.15, -0.1) is 0 Å². The average molecular weight is 341 g/mol. The highest BCUT2D eigenvalue weighted by atomic mass is 16.3. The summed E-state index contributed by atoms with van der Waals surface area (Å²) in [5.74, 6) is 0.592. The van der Waals surface area contributed by atoms with Crippen molar-refractivity contribution in [2.75, 3.05) is 10.6 Å². The second-order valence-corrected chi connectivity index (χ2v) is 6.17. The molecule has 2 heterocycles. The van der Waals surface area contributed by atoms with Crippen molar-refractivity contribution < 1.29 is 9.21 Å². The molecule has 0 saturated heterocycles. The molecule has 2 N–H and O–H groups in total. The Balaban J connectivity index is 1.72. The van der Waals surface area contributed by atoms with Gasteiger partial charge in [-0.25, -0.2) is 4.98 Å². The zero-order chi connectivity index (χ0) is 18.1. The van der Waals surface area contributed by atoms with Crippen LogP contribution in [0.15, 0.2) is 22.6 Å². The Morgan fingerprint density at radius 2 is 2.12 bits per heavy atom. The van der Waals surface area contributed by atoms with Crippen LogP contribution in [0.5, 0.6) is 0 Å². The Hall–Kier alpha value is -2.83. The molecule has 0 aliphatic rings. The maximum Gasteiger partial charge on any atom is 0.246 e. The predicted molar refractivity (Wildman–Crippen MR) is 97.8 cm³/mol. The summed E-state index contributed by atoms with van der Waals surface area (Å²) in [5, 5.41) is 10.5. The summed E-state index contributed by atoms with van der Waals surface area (Å²) in [6.07, 6.45) is 0.750. The Morgan fingerprint density at radius 1 is 1.36 bits per heavy atom.